The third-order valence-corrected chi connectivity index (χ3v) is 3.21. The molecule has 4 nitrogen and oxygen atoms in total. The van der Waals surface area contributed by atoms with E-state index in [2.05, 4.69) is 0 Å². The molecule has 0 saturated carbocycles. The number of rotatable bonds is 5. The predicted octanol–water partition coefficient (Wildman–Crippen LogP) is 2.14. The summed E-state index contributed by atoms with van der Waals surface area (Å²) in [5, 5.41) is 10.7. The minimum atomic E-state index is -1.71. The van der Waals surface area contributed by atoms with Gasteiger partial charge in [0.05, 0.1) is 14.2 Å². The molecule has 0 amide bonds. The van der Waals surface area contributed by atoms with E-state index in [0.29, 0.717) is 28.9 Å². The van der Waals surface area contributed by atoms with Crippen molar-refractivity contribution in [1.29, 1.82) is 0 Å². The highest BCUT2D eigenvalue weighted by Gasteiger charge is 2.31. The van der Waals surface area contributed by atoms with E-state index in [9.17, 15) is 9.90 Å². The molecule has 2 aromatic rings. The molecule has 2 aromatic carbocycles. The van der Waals surface area contributed by atoms with Gasteiger partial charge in [0, 0.05) is 0 Å². The van der Waals surface area contributed by atoms with Crippen molar-refractivity contribution in [3.63, 3.8) is 0 Å². The van der Waals surface area contributed by atoms with Gasteiger partial charge in [-0.3, -0.25) is 4.79 Å². The highest BCUT2D eigenvalue weighted by atomic mass is 16.5. The molecule has 1 atom stereocenters. The molecular formula is C16H16O4. The van der Waals surface area contributed by atoms with Gasteiger partial charge in [-0.15, -0.1) is 0 Å². The van der Waals surface area contributed by atoms with Crippen molar-refractivity contribution in [2.45, 2.75) is 5.60 Å². The fourth-order valence-electron chi connectivity index (χ4n) is 2.07. The number of carbonyl (C=O) groups excluding carboxylic acids is 1. The van der Waals surface area contributed by atoms with E-state index in [4.69, 9.17) is 9.47 Å². The molecule has 1 N–H and O–H groups in total. The van der Waals surface area contributed by atoms with Crippen molar-refractivity contribution in [1.82, 2.24) is 0 Å². The van der Waals surface area contributed by atoms with Gasteiger partial charge in [-0.2, -0.15) is 0 Å². The van der Waals surface area contributed by atoms with Crippen molar-refractivity contribution in [3.05, 3.63) is 59.7 Å². The zero-order valence-electron chi connectivity index (χ0n) is 11.4. The molecule has 0 aliphatic carbocycles. The zero-order valence-corrected chi connectivity index (χ0v) is 11.4. The van der Waals surface area contributed by atoms with Crippen LogP contribution in [-0.2, 0) is 10.4 Å². The van der Waals surface area contributed by atoms with Crippen LogP contribution < -0.4 is 9.47 Å². The fraction of sp³-hybridized carbons (Fsp3) is 0.188. The van der Waals surface area contributed by atoms with Gasteiger partial charge in [0.25, 0.3) is 0 Å². The molecule has 0 spiro atoms. The number of carbonyl (C=O) groups is 1. The van der Waals surface area contributed by atoms with Crippen LogP contribution in [0.2, 0.25) is 0 Å². The van der Waals surface area contributed by atoms with Gasteiger partial charge in [0.2, 0.25) is 0 Å². The second-order valence-electron chi connectivity index (χ2n) is 4.32. The number of hydrogen-bond donors (Lipinski definition) is 1. The second kappa shape index (κ2) is 5.75. The summed E-state index contributed by atoms with van der Waals surface area (Å²) in [4.78, 5) is 11.5. The zero-order chi connectivity index (χ0) is 14.6. The Morgan fingerprint density at radius 3 is 2.15 bits per heavy atom. The minimum Gasteiger partial charge on any atom is -0.493 e. The van der Waals surface area contributed by atoms with Gasteiger partial charge in [0.1, 0.15) is 0 Å². The van der Waals surface area contributed by atoms with Gasteiger partial charge in [-0.1, -0.05) is 36.4 Å². The summed E-state index contributed by atoms with van der Waals surface area (Å²) in [6, 6.07) is 13.7. The van der Waals surface area contributed by atoms with Gasteiger partial charge in [-0.25, -0.2) is 0 Å². The Morgan fingerprint density at radius 1 is 0.950 bits per heavy atom. The van der Waals surface area contributed by atoms with Crippen LogP contribution in [0.25, 0.3) is 0 Å². The van der Waals surface area contributed by atoms with Crippen LogP contribution in [0.3, 0.4) is 0 Å². The molecule has 1 unspecified atom stereocenters. The Kier molecular flexibility index (Phi) is 4.05. The molecule has 0 bridgehead atoms. The van der Waals surface area contributed by atoms with E-state index < -0.39 is 5.60 Å². The summed E-state index contributed by atoms with van der Waals surface area (Å²) in [5.74, 6) is 0.999. The maximum Gasteiger partial charge on any atom is 0.170 e. The largest absolute Gasteiger partial charge is 0.493 e. The Morgan fingerprint density at radius 2 is 1.60 bits per heavy atom. The Bertz CT molecular complexity index is 595. The van der Waals surface area contributed by atoms with Crippen molar-refractivity contribution in [3.8, 4) is 11.5 Å². The van der Waals surface area contributed by atoms with Crippen LogP contribution in [-0.4, -0.2) is 25.6 Å². The van der Waals surface area contributed by atoms with Crippen LogP contribution in [0.1, 0.15) is 11.1 Å². The maximum absolute atomic E-state index is 11.5. The third-order valence-electron chi connectivity index (χ3n) is 3.21. The van der Waals surface area contributed by atoms with Crippen LogP contribution in [0.5, 0.6) is 11.5 Å². The molecule has 0 radical (unpaired) electrons. The first-order valence-corrected chi connectivity index (χ1v) is 6.12. The second-order valence-corrected chi connectivity index (χ2v) is 4.32. The Balaban J connectivity index is 2.55. The van der Waals surface area contributed by atoms with E-state index in [1.165, 1.54) is 14.2 Å². The third kappa shape index (κ3) is 2.38. The van der Waals surface area contributed by atoms with E-state index in [1.54, 1.807) is 42.5 Å². The van der Waals surface area contributed by atoms with Crippen LogP contribution in [0, 0.1) is 0 Å². The van der Waals surface area contributed by atoms with E-state index in [1.807, 2.05) is 6.07 Å². The first-order chi connectivity index (χ1) is 9.65. The summed E-state index contributed by atoms with van der Waals surface area (Å²) in [6.07, 6.45) is 0.517. The molecule has 0 aliphatic heterocycles. The van der Waals surface area contributed by atoms with Gasteiger partial charge in [-0.05, 0) is 23.3 Å². The monoisotopic (exact) mass is 272 g/mol. The van der Waals surface area contributed by atoms with Crippen molar-refractivity contribution >= 4 is 6.29 Å². The summed E-state index contributed by atoms with van der Waals surface area (Å²) in [7, 11) is 3.03. The van der Waals surface area contributed by atoms with Crippen LogP contribution >= 0.6 is 0 Å². The normalized spacial score (nSPS) is 13.3. The molecule has 104 valence electrons. The lowest BCUT2D eigenvalue weighted by Gasteiger charge is -2.23. The molecule has 0 fully saturated rings. The van der Waals surface area contributed by atoms with E-state index in [0.717, 1.165) is 0 Å². The number of benzene rings is 2. The Labute approximate surface area is 117 Å². The standard InChI is InChI=1S/C16H16O4/c1-19-14-9-8-13(10-15(14)20-2)16(18,11-17)12-6-4-3-5-7-12/h3-11,18H,1-2H3. The molecule has 0 saturated heterocycles. The van der Waals surface area contributed by atoms with Crippen molar-refractivity contribution in [2.24, 2.45) is 0 Å². The summed E-state index contributed by atoms with van der Waals surface area (Å²) >= 11 is 0. The highest BCUT2D eigenvalue weighted by molar-refractivity contribution is 5.72. The minimum absolute atomic E-state index is 0.427. The number of aliphatic hydroxyl groups is 1. The molecule has 4 heteroatoms. The van der Waals surface area contributed by atoms with E-state index in [-0.39, 0.29) is 0 Å². The SMILES string of the molecule is COc1ccc(C(O)(C=O)c2ccccc2)cc1OC. The average Bonchev–Trinajstić information content (AvgIpc) is 2.54. The molecule has 20 heavy (non-hydrogen) atoms. The predicted molar refractivity (Wildman–Crippen MR) is 75.1 cm³/mol. The lowest BCUT2D eigenvalue weighted by Crippen LogP contribution is -2.29. The molecule has 0 aromatic heterocycles. The first-order valence-electron chi connectivity index (χ1n) is 6.12. The number of aldehydes is 1. The molecular weight excluding hydrogens is 256 g/mol. The summed E-state index contributed by atoms with van der Waals surface area (Å²) in [5.41, 5.74) is -0.778. The summed E-state index contributed by atoms with van der Waals surface area (Å²) < 4.78 is 10.3. The topological polar surface area (TPSA) is 55.8 Å². The maximum atomic E-state index is 11.5. The number of ether oxygens (including phenoxy) is 2. The highest BCUT2D eigenvalue weighted by Crippen LogP contribution is 2.34. The van der Waals surface area contributed by atoms with Gasteiger partial charge < -0.3 is 14.6 Å². The smallest absolute Gasteiger partial charge is 0.170 e. The van der Waals surface area contributed by atoms with Crippen LogP contribution in [0.15, 0.2) is 48.5 Å². The van der Waals surface area contributed by atoms with Crippen molar-refractivity contribution in [2.75, 3.05) is 14.2 Å². The number of hydrogen-bond acceptors (Lipinski definition) is 4. The van der Waals surface area contributed by atoms with E-state index >= 15 is 0 Å². The summed E-state index contributed by atoms with van der Waals surface area (Å²) in [6.45, 7) is 0. The van der Waals surface area contributed by atoms with Gasteiger partial charge in [0.15, 0.2) is 23.4 Å². The lowest BCUT2D eigenvalue weighted by molar-refractivity contribution is -0.121. The molecule has 2 rings (SSSR count). The lowest BCUT2D eigenvalue weighted by atomic mass is 9.87. The molecule has 0 aliphatic rings. The molecule has 0 heterocycles. The van der Waals surface area contributed by atoms with Crippen molar-refractivity contribution < 1.29 is 19.4 Å². The number of methoxy groups -OCH3 is 2. The van der Waals surface area contributed by atoms with Gasteiger partial charge >= 0.3 is 0 Å². The average molecular weight is 272 g/mol. The Hall–Kier alpha value is -2.33. The first kappa shape index (κ1) is 14.1. The van der Waals surface area contributed by atoms with Crippen LogP contribution in [0.4, 0.5) is 0 Å². The fourth-order valence-corrected chi connectivity index (χ4v) is 2.07. The quantitative estimate of drug-likeness (QED) is 0.847.